The molecule has 1 aliphatic carbocycles. The molecule has 2 aromatic rings. The maximum atomic E-state index is 4.13. The van der Waals surface area contributed by atoms with Gasteiger partial charge in [-0.2, -0.15) is 0 Å². The molecule has 0 aliphatic heterocycles. The number of aromatic nitrogens is 3. The van der Waals surface area contributed by atoms with E-state index in [0.29, 0.717) is 0 Å². The first-order valence-electron chi connectivity index (χ1n) is 7.85. The van der Waals surface area contributed by atoms with Crippen LogP contribution in [0.15, 0.2) is 36.5 Å². The Morgan fingerprint density at radius 1 is 1.14 bits per heavy atom. The number of nitrogens with one attached hydrogen (secondary N) is 1. The molecule has 0 amide bonds. The Kier molecular flexibility index (Phi) is 4.06. The fourth-order valence-corrected chi connectivity index (χ4v) is 3.96. The van der Waals surface area contributed by atoms with Gasteiger partial charge in [-0.3, -0.25) is 4.68 Å². The lowest BCUT2D eigenvalue weighted by atomic mass is 9.64. The number of likely N-dealkylation sites (N-methyl/N-ethyl adjacent to an activating group) is 1. The van der Waals surface area contributed by atoms with E-state index in [0.717, 1.165) is 0 Å². The Balaban J connectivity index is 2.08. The Bertz CT molecular complexity index is 569. The van der Waals surface area contributed by atoms with Crippen LogP contribution in [0, 0.1) is 0 Å². The molecule has 1 saturated carbocycles. The van der Waals surface area contributed by atoms with Crippen LogP contribution < -0.4 is 5.32 Å². The van der Waals surface area contributed by atoms with Gasteiger partial charge in [0.1, 0.15) is 0 Å². The number of rotatable bonds is 4. The zero-order chi connectivity index (χ0) is 14.7. The molecular formula is C17H24N4. The molecule has 0 saturated heterocycles. The average Bonchev–Trinajstić information content (AvgIpc) is 2.96. The maximum Gasteiger partial charge on any atom is 0.0762 e. The van der Waals surface area contributed by atoms with Crippen molar-refractivity contribution < 1.29 is 0 Å². The molecule has 1 aromatic heterocycles. The van der Waals surface area contributed by atoms with Crippen molar-refractivity contribution in [2.45, 2.75) is 43.6 Å². The minimum Gasteiger partial charge on any atom is -0.311 e. The second-order valence-corrected chi connectivity index (χ2v) is 6.09. The summed E-state index contributed by atoms with van der Waals surface area (Å²) in [5, 5.41) is 11.8. The quantitative estimate of drug-likeness (QED) is 0.938. The van der Waals surface area contributed by atoms with Crippen molar-refractivity contribution in [1.82, 2.24) is 20.3 Å². The highest BCUT2D eigenvalue weighted by atomic mass is 15.4. The largest absolute Gasteiger partial charge is 0.311 e. The predicted molar refractivity (Wildman–Crippen MR) is 84.0 cm³/mol. The van der Waals surface area contributed by atoms with Crippen LogP contribution in [0.5, 0.6) is 0 Å². The summed E-state index contributed by atoms with van der Waals surface area (Å²) < 4.78 is 1.90. The fraction of sp³-hybridized carbons (Fsp3) is 0.529. The van der Waals surface area contributed by atoms with E-state index in [4.69, 9.17) is 0 Å². The van der Waals surface area contributed by atoms with Crippen molar-refractivity contribution in [3.63, 3.8) is 0 Å². The second-order valence-electron chi connectivity index (χ2n) is 6.09. The first kappa shape index (κ1) is 14.3. The number of hydrogen-bond donors (Lipinski definition) is 1. The molecule has 1 aliphatic rings. The van der Waals surface area contributed by atoms with Gasteiger partial charge in [-0.25, -0.2) is 0 Å². The van der Waals surface area contributed by atoms with E-state index in [-0.39, 0.29) is 11.5 Å². The average molecular weight is 284 g/mol. The van der Waals surface area contributed by atoms with Gasteiger partial charge in [-0.15, -0.1) is 5.10 Å². The fourth-order valence-electron chi connectivity index (χ4n) is 3.96. The van der Waals surface area contributed by atoms with Gasteiger partial charge in [0, 0.05) is 12.5 Å². The molecule has 1 N–H and O–H groups in total. The van der Waals surface area contributed by atoms with Gasteiger partial charge in [0.25, 0.3) is 0 Å². The third kappa shape index (κ3) is 2.48. The zero-order valence-corrected chi connectivity index (χ0v) is 12.9. The first-order chi connectivity index (χ1) is 10.3. The number of benzene rings is 1. The Morgan fingerprint density at radius 3 is 2.43 bits per heavy atom. The monoisotopic (exact) mass is 284 g/mol. The molecule has 112 valence electrons. The van der Waals surface area contributed by atoms with E-state index < -0.39 is 0 Å². The summed E-state index contributed by atoms with van der Waals surface area (Å²) in [7, 11) is 4.03. The molecule has 4 nitrogen and oxygen atoms in total. The summed E-state index contributed by atoms with van der Waals surface area (Å²) in [6, 6.07) is 11.2. The van der Waals surface area contributed by atoms with Crippen LogP contribution in [-0.4, -0.2) is 22.0 Å². The molecule has 1 unspecified atom stereocenters. The van der Waals surface area contributed by atoms with Crippen molar-refractivity contribution in [1.29, 1.82) is 0 Å². The third-order valence-electron chi connectivity index (χ3n) is 4.98. The summed E-state index contributed by atoms with van der Waals surface area (Å²) in [6.07, 6.45) is 8.26. The summed E-state index contributed by atoms with van der Waals surface area (Å²) >= 11 is 0. The second kappa shape index (κ2) is 5.98. The molecule has 1 heterocycles. The van der Waals surface area contributed by atoms with Crippen LogP contribution >= 0.6 is 0 Å². The highest BCUT2D eigenvalue weighted by Crippen LogP contribution is 2.47. The molecule has 1 fully saturated rings. The van der Waals surface area contributed by atoms with Crippen molar-refractivity contribution in [2.75, 3.05) is 7.05 Å². The summed E-state index contributed by atoms with van der Waals surface area (Å²) in [4.78, 5) is 0. The van der Waals surface area contributed by atoms with Gasteiger partial charge in [0.05, 0.1) is 17.9 Å². The molecule has 1 aromatic carbocycles. The van der Waals surface area contributed by atoms with Crippen molar-refractivity contribution in [3.8, 4) is 0 Å². The molecule has 0 spiro atoms. The smallest absolute Gasteiger partial charge is 0.0762 e. The van der Waals surface area contributed by atoms with E-state index in [1.165, 1.54) is 43.4 Å². The molecule has 0 bridgehead atoms. The molecule has 21 heavy (non-hydrogen) atoms. The number of nitrogens with zero attached hydrogens (tertiary/aromatic N) is 3. The summed E-state index contributed by atoms with van der Waals surface area (Å²) in [6.45, 7) is 0. The van der Waals surface area contributed by atoms with Gasteiger partial charge >= 0.3 is 0 Å². The molecule has 4 heteroatoms. The summed E-state index contributed by atoms with van der Waals surface area (Å²) in [5.41, 5.74) is 2.75. The minimum atomic E-state index is 0.143. The van der Waals surface area contributed by atoms with Crippen LogP contribution in [0.2, 0.25) is 0 Å². The Labute approximate surface area is 126 Å². The van der Waals surface area contributed by atoms with Gasteiger partial charge < -0.3 is 5.32 Å². The number of aryl methyl sites for hydroxylation is 1. The topological polar surface area (TPSA) is 42.7 Å². The van der Waals surface area contributed by atoms with E-state index in [1.807, 2.05) is 17.9 Å². The molecule has 1 atom stereocenters. The van der Waals surface area contributed by atoms with Crippen LogP contribution in [0.25, 0.3) is 0 Å². The lowest BCUT2D eigenvalue weighted by molar-refractivity contribution is 0.214. The van der Waals surface area contributed by atoms with Crippen LogP contribution in [0.1, 0.15) is 49.4 Å². The van der Waals surface area contributed by atoms with Gasteiger partial charge in [-0.05, 0) is 25.5 Å². The van der Waals surface area contributed by atoms with E-state index in [2.05, 4.69) is 53.0 Å². The Morgan fingerprint density at radius 2 is 1.86 bits per heavy atom. The highest BCUT2D eigenvalue weighted by Gasteiger charge is 2.42. The summed E-state index contributed by atoms with van der Waals surface area (Å²) in [5.74, 6) is 0. The minimum absolute atomic E-state index is 0.143. The van der Waals surface area contributed by atoms with Crippen molar-refractivity contribution in [2.24, 2.45) is 7.05 Å². The maximum absolute atomic E-state index is 4.13. The standard InChI is InChI=1S/C17H24N4/c1-18-16(15-13-19-20-21(15)2)17(11-7-4-8-12-17)14-9-5-3-6-10-14/h3,5-6,9-10,13,16,18H,4,7-8,11-12H2,1-2H3. The molecule has 0 radical (unpaired) electrons. The van der Waals surface area contributed by atoms with Gasteiger partial charge in [0.15, 0.2) is 0 Å². The lowest BCUT2D eigenvalue weighted by Gasteiger charge is -2.44. The zero-order valence-electron chi connectivity index (χ0n) is 12.9. The van der Waals surface area contributed by atoms with E-state index in [1.54, 1.807) is 0 Å². The van der Waals surface area contributed by atoms with Gasteiger partial charge in [-0.1, -0.05) is 54.8 Å². The van der Waals surface area contributed by atoms with Crippen LogP contribution in [0.3, 0.4) is 0 Å². The van der Waals surface area contributed by atoms with Crippen LogP contribution in [0.4, 0.5) is 0 Å². The number of hydrogen-bond acceptors (Lipinski definition) is 3. The van der Waals surface area contributed by atoms with Crippen LogP contribution in [-0.2, 0) is 12.5 Å². The predicted octanol–water partition coefficient (Wildman–Crippen LogP) is 2.98. The van der Waals surface area contributed by atoms with E-state index in [9.17, 15) is 0 Å². The molecule has 3 rings (SSSR count). The lowest BCUT2D eigenvalue weighted by Crippen LogP contribution is -2.43. The molecular weight excluding hydrogens is 260 g/mol. The van der Waals surface area contributed by atoms with Gasteiger partial charge in [0.2, 0.25) is 0 Å². The normalized spacial score (nSPS) is 19.3. The Hall–Kier alpha value is -1.68. The van der Waals surface area contributed by atoms with Crippen molar-refractivity contribution in [3.05, 3.63) is 47.8 Å². The SMILES string of the molecule is CNC(c1cnnn1C)C1(c2ccccc2)CCCCC1. The third-order valence-corrected chi connectivity index (χ3v) is 4.98. The van der Waals surface area contributed by atoms with Crippen molar-refractivity contribution >= 4 is 0 Å². The van der Waals surface area contributed by atoms with E-state index >= 15 is 0 Å². The first-order valence-corrected chi connectivity index (χ1v) is 7.85. The highest BCUT2D eigenvalue weighted by molar-refractivity contribution is 5.31.